The summed E-state index contributed by atoms with van der Waals surface area (Å²) in [5.74, 6) is 12.9. The van der Waals surface area contributed by atoms with Gasteiger partial charge in [-0.1, -0.05) is 41.9 Å². The summed E-state index contributed by atoms with van der Waals surface area (Å²) in [5, 5.41) is 29.2. The molecule has 0 spiro atoms. The number of hydrogen-bond acceptors (Lipinski definition) is 3. The molecule has 4 rings (SSSR count). The van der Waals surface area contributed by atoms with Crippen molar-refractivity contribution in [3.63, 3.8) is 0 Å². The van der Waals surface area contributed by atoms with Crippen LogP contribution < -0.4 is 0 Å². The highest BCUT2D eigenvalue weighted by atomic mass is 16.3. The molecule has 0 saturated carbocycles. The van der Waals surface area contributed by atoms with Crippen LogP contribution in [0.2, 0.25) is 0 Å². The molecule has 0 unspecified atom stereocenters. The molecule has 0 aliphatic rings. The minimum absolute atomic E-state index is 0.153. The third kappa shape index (κ3) is 4.88. The van der Waals surface area contributed by atoms with Crippen LogP contribution in [0.25, 0.3) is 11.1 Å². The second kappa shape index (κ2) is 8.82. The molecule has 0 radical (unpaired) electrons. The molecule has 148 valence electrons. The summed E-state index contributed by atoms with van der Waals surface area (Å²) in [6, 6.07) is 26.3. The highest BCUT2D eigenvalue weighted by Gasteiger charge is 2.09. The van der Waals surface area contributed by atoms with Gasteiger partial charge >= 0.3 is 0 Å². The Labute approximate surface area is 180 Å². The van der Waals surface area contributed by atoms with Crippen LogP contribution in [0.4, 0.5) is 0 Å². The van der Waals surface area contributed by atoms with Gasteiger partial charge in [0.05, 0.1) is 0 Å². The van der Waals surface area contributed by atoms with Crippen LogP contribution in [0.1, 0.15) is 22.3 Å². The highest BCUT2D eigenvalue weighted by molar-refractivity contribution is 5.77. The van der Waals surface area contributed by atoms with E-state index in [2.05, 4.69) is 23.7 Å². The number of benzene rings is 4. The monoisotopic (exact) mass is 402 g/mol. The van der Waals surface area contributed by atoms with Gasteiger partial charge in [-0.05, 0) is 78.4 Å². The number of phenols is 3. The predicted octanol–water partition coefficient (Wildman–Crippen LogP) is 5.27. The molecule has 0 bridgehead atoms. The van der Waals surface area contributed by atoms with Crippen molar-refractivity contribution >= 4 is 0 Å². The maximum absolute atomic E-state index is 10.5. The fraction of sp³-hybridized carbons (Fsp3) is 0. The molecule has 31 heavy (non-hydrogen) atoms. The van der Waals surface area contributed by atoms with Gasteiger partial charge < -0.3 is 15.3 Å². The smallest absolute Gasteiger partial charge is 0.124 e. The second-order valence-corrected chi connectivity index (χ2v) is 6.87. The van der Waals surface area contributed by atoms with E-state index in [9.17, 15) is 15.3 Å². The zero-order valence-electron chi connectivity index (χ0n) is 16.5. The Balaban J connectivity index is 1.63. The number of hydrogen-bond donors (Lipinski definition) is 3. The Morgan fingerprint density at radius 2 is 0.903 bits per heavy atom. The van der Waals surface area contributed by atoms with Gasteiger partial charge in [0.1, 0.15) is 17.2 Å². The number of phenolic OH excluding ortho intramolecular Hbond substituents is 3. The van der Waals surface area contributed by atoms with E-state index < -0.39 is 0 Å². The van der Waals surface area contributed by atoms with Crippen molar-refractivity contribution in [2.24, 2.45) is 0 Å². The lowest BCUT2D eigenvalue weighted by Crippen LogP contribution is -1.87. The van der Waals surface area contributed by atoms with Gasteiger partial charge in [0, 0.05) is 27.8 Å². The third-order valence-electron chi connectivity index (χ3n) is 4.64. The van der Waals surface area contributed by atoms with Gasteiger partial charge in [-0.2, -0.15) is 0 Å². The van der Waals surface area contributed by atoms with E-state index in [1.165, 1.54) is 0 Å². The van der Waals surface area contributed by atoms with E-state index in [0.29, 0.717) is 11.1 Å². The Kier molecular flexibility index (Phi) is 5.61. The first-order valence-corrected chi connectivity index (χ1v) is 9.63. The molecule has 4 aromatic rings. The van der Waals surface area contributed by atoms with Crippen molar-refractivity contribution in [1.29, 1.82) is 0 Å². The zero-order valence-corrected chi connectivity index (χ0v) is 16.5. The van der Waals surface area contributed by atoms with E-state index in [0.717, 1.165) is 22.3 Å². The van der Waals surface area contributed by atoms with E-state index in [1.807, 2.05) is 30.3 Å². The molecule has 0 atom stereocenters. The minimum Gasteiger partial charge on any atom is -0.508 e. The summed E-state index contributed by atoms with van der Waals surface area (Å²) < 4.78 is 0. The summed E-state index contributed by atoms with van der Waals surface area (Å²) >= 11 is 0. The quantitative estimate of drug-likeness (QED) is 0.380. The SMILES string of the molecule is Oc1ccc(C#Cc2ccc(-c3c(O)cccc3C#Cc3ccc(O)cc3)cc2)cc1. The van der Waals surface area contributed by atoms with Crippen molar-refractivity contribution in [2.75, 3.05) is 0 Å². The number of aromatic hydroxyl groups is 3. The average molecular weight is 402 g/mol. The topological polar surface area (TPSA) is 60.7 Å². The maximum Gasteiger partial charge on any atom is 0.124 e. The normalized spacial score (nSPS) is 9.81. The van der Waals surface area contributed by atoms with Gasteiger partial charge in [0.25, 0.3) is 0 Å². The highest BCUT2D eigenvalue weighted by Crippen LogP contribution is 2.32. The first-order valence-electron chi connectivity index (χ1n) is 9.63. The molecule has 3 heteroatoms. The summed E-state index contributed by atoms with van der Waals surface area (Å²) in [6.45, 7) is 0. The van der Waals surface area contributed by atoms with Crippen LogP contribution in [-0.2, 0) is 0 Å². The van der Waals surface area contributed by atoms with E-state index >= 15 is 0 Å². The van der Waals surface area contributed by atoms with Crippen LogP contribution in [0.5, 0.6) is 17.2 Å². The lowest BCUT2D eigenvalue weighted by molar-refractivity contribution is 0.474. The lowest BCUT2D eigenvalue weighted by atomic mass is 9.97. The molecule has 3 N–H and O–H groups in total. The van der Waals surface area contributed by atoms with Crippen molar-refractivity contribution in [1.82, 2.24) is 0 Å². The summed E-state index contributed by atoms with van der Waals surface area (Å²) in [5.41, 5.74) is 4.62. The van der Waals surface area contributed by atoms with Crippen molar-refractivity contribution in [3.05, 3.63) is 113 Å². The fourth-order valence-corrected chi connectivity index (χ4v) is 3.04. The van der Waals surface area contributed by atoms with Crippen LogP contribution in [-0.4, -0.2) is 15.3 Å². The molecule has 0 amide bonds. The first kappa shape index (κ1) is 19.7. The van der Waals surface area contributed by atoms with Gasteiger partial charge in [-0.15, -0.1) is 0 Å². The molecule has 3 nitrogen and oxygen atoms in total. The van der Waals surface area contributed by atoms with Crippen LogP contribution in [0.3, 0.4) is 0 Å². The standard InChI is InChI=1S/C28H18O3/c29-25-16-9-21(10-17-25)5-4-20-7-14-24(15-8-20)28-23(2-1-3-27(28)31)13-6-22-11-18-26(30)19-12-22/h1-3,7-12,14-19,29-31H. The van der Waals surface area contributed by atoms with Gasteiger partial charge in [0.15, 0.2) is 0 Å². The Hall–Kier alpha value is -4.60. The molecule has 0 fully saturated rings. The summed E-state index contributed by atoms with van der Waals surface area (Å²) in [4.78, 5) is 0. The Morgan fingerprint density at radius 3 is 1.42 bits per heavy atom. The minimum atomic E-state index is 0.153. The third-order valence-corrected chi connectivity index (χ3v) is 4.64. The van der Waals surface area contributed by atoms with E-state index in [4.69, 9.17) is 0 Å². The molecule has 0 saturated heterocycles. The lowest BCUT2D eigenvalue weighted by Gasteiger charge is -2.08. The zero-order chi connectivity index (χ0) is 21.6. The fourth-order valence-electron chi connectivity index (χ4n) is 3.04. The predicted molar refractivity (Wildman–Crippen MR) is 122 cm³/mol. The van der Waals surface area contributed by atoms with E-state index in [-0.39, 0.29) is 17.2 Å². The summed E-state index contributed by atoms with van der Waals surface area (Å²) in [6.07, 6.45) is 0. The molecular weight excluding hydrogens is 384 g/mol. The molecule has 0 heterocycles. The molecule has 0 aliphatic heterocycles. The maximum atomic E-state index is 10.5. The van der Waals surface area contributed by atoms with Gasteiger partial charge in [-0.25, -0.2) is 0 Å². The average Bonchev–Trinajstić information content (AvgIpc) is 2.79. The molecule has 4 aromatic carbocycles. The number of rotatable bonds is 1. The second-order valence-electron chi connectivity index (χ2n) is 6.87. The molecule has 0 aromatic heterocycles. The van der Waals surface area contributed by atoms with Crippen LogP contribution >= 0.6 is 0 Å². The van der Waals surface area contributed by atoms with Crippen LogP contribution in [0.15, 0.2) is 91.0 Å². The van der Waals surface area contributed by atoms with Gasteiger partial charge in [-0.3, -0.25) is 0 Å². The van der Waals surface area contributed by atoms with E-state index in [1.54, 1.807) is 60.7 Å². The Morgan fingerprint density at radius 1 is 0.452 bits per heavy atom. The van der Waals surface area contributed by atoms with Crippen LogP contribution in [0, 0.1) is 23.7 Å². The van der Waals surface area contributed by atoms with Crippen molar-refractivity contribution in [3.8, 4) is 52.1 Å². The molecular formula is C28H18O3. The van der Waals surface area contributed by atoms with Crippen molar-refractivity contribution < 1.29 is 15.3 Å². The first-order chi connectivity index (χ1) is 15.1. The summed E-state index contributed by atoms with van der Waals surface area (Å²) in [7, 11) is 0. The largest absolute Gasteiger partial charge is 0.508 e. The Bertz CT molecular complexity index is 1330. The van der Waals surface area contributed by atoms with Crippen molar-refractivity contribution in [2.45, 2.75) is 0 Å². The van der Waals surface area contributed by atoms with Gasteiger partial charge in [0.2, 0.25) is 0 Å². The molecule has 0 aliphatic carbocycles.